The minimum Gasteiger partial charge on any atom is -0.349 e. The molecule has 0 bridgehead atoms. The van der Waals surface area contributed by atoms with Gasteiger partial charge in [-0.05, 0) is 48.6 Å². The Balaban J connectivity index is 1.51. The van der Waals surface area contributed by atoms with Crippen molar-refractivity contribution in [1.82, 2.24) is 5.32 Å². The van der Waals surface area contributed by atoms with E-state index in [4.69, 9.17) is 0 Å². The molecule has 2 aromatic rings. The molecule has 6 heteroatoms. The average molecular weight is 425 g/mol. The second kappa shape index (κ2) is 8.64. The van der Waals surface area contributed by atoms with E-state index in [9.17, 15) is 14.0 Å². The van der Waals surface area contributed by atoms with Gasteiger partial charge >= 0.3 is 0 Å². The lowest BCUT2D eigenvalue weighted by atomic mass is 9.78. The van der Waals surface area contributed by atoms with Gasteiger partial charge < -0.3 is 10.6 Å². The third-order valence-corrected chi connectivity index (χ3v) is 7.25. The molecule has 0 unspecified atom stereocenters. The molecular weight excluding hydrogens is 399 g/mol. The third kappa shape index (κ3) is 4.29. The lowest BCUT2D eigenvalue weighted by molar-refractivity contribution is -0.112. The first-order valence-electron chi connectivity index (χ1n) is 10.3. The molecule has 1 heterocycles. The molecule has 2 aromatic carbocycles. The van der Waals surface area contributed by atoms with Gasteiger partial charge in [0.05, 0.1) is 10.6 Å². The van der Waals surface area contributed by atoms with Crippen molar-refractivity contribution in [3.05, 3.63) is 64.3 Å². The molecule has 4 nitrogen and oxygen atoms in total. The van der Waals surface area contributed by atoms with Crippen LogP contribution in [-0.4, -0.2) is 17.9 Å². The SMILES string of the molecule is C[C@H]1[C@H](C)CCC[C@H]1NC(=O)c1ccc2c(c1)NC(=O)/C(=C\c1ccccc1F)S2. The van der Waals surface area contributed by atoms with E-state index in [1.165, 1.54) is 24.2 Å². The van der Waals surface area contributed by atoms with Crippen molar-refractivity contribution in [2.75, 3.05) is 5.32 Å². The number of amides is 2. The molecule has 2 N–H and O–H groups in total. The second-order valence-electron chi connectivity index (χ2n) is 8.14. The lowest BCUT2D eigenvalue weighted by Crippen LogP contribution is -2.43. The number of thioether (sulfide) groups is 1. The van der Waals surface area contributed by atoms with Crippen molar-refractivity contribution >= 4 is 35.3 Å². The number of nitrogens with one attached hydrogen (secondary N) is 2. The molecule has 1 fully saturated rings. The van der Waals surface area contributed by atoms with Gasteiger partial charge in [-0.1, -0.05) is 56.7 Å². The molecule has 2 aliphatic rings. The van der Waals surface area contributed by atoms with Gasteiger partial charge in [0.1, 0.15) is 5.82 Å². The Labute approximate surface area is 180 Å². The average Bonchev–Trinajstić information content (AvgIpc) is 2.73. The van der Waals surface area contributed by atoms with Gasteiger partial charge in [0.2, 0.25) is 0 Å². The fraction of sp³-hybridized carbons (Fsp3) is 0.333. The maximum Gasteiger partial charge on any atom is 0.262 e. The van der Waals surface area contributed by atoms with Crippen LogP contribution in [0.2, 0.25) is 0 Å². The van der Waals surface area contributed by atoms with Crippen molar-refractivity contribution in [3.63, 3.8) is 0 Å². The molecule has 0 saturated heterocycles. The minimum absolute atomic E-state index is 0.115. The van der Waals surface area contributed by atoms with Gasteiger partial charge in [-0.2, -0.15) is 0 Å². The van der Waals surface area contributed by atoms with Crippen LogP contribution in [0.4, 0.5) is 10.1 Å². The smallest absolute Gasteiger partial charge is 0.262 e. The van der Waals surface area contributed by atoms with Crippen LogP contribution in [0.15, 0.2) is 52.3 Å². The van der Waals surface area contributed by atoms with Gasteiger partial charge in [-0.15, -0.1) is 0 Å². The van der Waals surface area contributed by atoms with E-state index in [0.29, 0.717) is 33.6 Å². The first kappa shape index (κ1) is 20.7. The van der Waals surface area contributed by atoms with E-state index in [1.54, 1.807) is 36.4 Å². The highest BCUT2D eigenvalue weighted by molar-refractivity contribution is 8.04. The Morgan fingerprint density at radius 3 is 2.80 bits per heavy atom. The molecule has 30 heavy (non-hydrogen) atoms. The fourth-order valence-corrected chi connectivity index (χ4v) is 4.99. The Hall–Kier alpha value is -2.60. The van der Waals surface area contributed by atoms with Crippen molar-refractivity contribution in [2.24, 2.45) is 11.8 Å². The number of anilines is 1. The summed E-state index contributed by atoms with van der Waals surface area (Å²) in [5.41, 5.74) is 1.50. The van der Waals surface area contributed by atoms with Crippen molar-refractivity contribution < 1.29 is 14.0 Å². The van der Waals surface area contributed by atoms with Crippen LogP contribution < -0.4 is 10.6 Å². The molecule has 0 radical (unpaired) electrons. The molecule has 0 aromatic heterocycles. The van der Waals surface area contributed by atoms with Gasteiger partial charge in [-0.25, -0.2) is 4.39 Å². The highest BCUT2D eigenvalue weighted by Crippen LogP contribution is 2.39. The summed E-state index contributed by atoms with van der Waals surface area (Å²) in [6.45, 7) is 4.43. The van der Waals surface area contributed by atoms with E-state index < -0.39 is 0 Å². The number of halogens is 1. The molecule has 2 amide bonds. The van der Waals surface area contributed by atoms with E-state index >= 15 is 0 Å². The summed E-state index contributed by atoms with van der Waals surface area (Å²) < 4.78 is 13.9. The standard InChI is InChI=1S/C24H25FN2O2S/c1-14-6-5-9-19(15(14)2)26-23(28)17-10-11-21-20(12-17)27-24(29)22(30-21)13-16-7-3-4-8-18(16)25/h3-4,7-8,10-15,19H,5-6,9H2,1-2H3,(H,26,28)(H,27,29)/b22-13+/t14-,15+,19-/m1/s1. The summed E-state index contributed by atoms with van der Waals surface area (Å²) in [7, 11) is 0. The van der Waals surface area contributed by atoms with Gasteiger partial charge in [-0.3, -0.25) is 9.59 Å². The minimum atomic E-state index is -0.373. The summed E-state index contributed by atoms with van der Waals surface area (Å²) in [6.07, 6.45) is 4.88. The second-order valence-corrected chi connectivity index (χ2v) is 9.23. The maximum absolute atomic E-state index is 13.9. The van der Waals surface area contributed by atoms with Crippen LogP contribution in [-0.2, 0) is 4.79 Å². The zero-order valence-electron chi connectivity index (χ0n) is 17.1. The topological polar surface area (TPSA) is 58.2 Å². The normalized spacial score (nSPS) is 24.8. The first-order valence-corrected chi connectivity index (χ1v) is 11.1. The molecule has 0 spiro atoms. The van der Waals surface area contributed by atoms with Crippen molar-refractivity contribution in [2.45, 2.75) is 44.0 Å². The van der Waals surface area contributed by atoms with Crippen LogP contribution >= 0.6 is 11.8 Å². The quantitative estimate of drug-likeness (QED) is 0.643. The van der Waals surface area contributed by atoms with Crippen LogP contribution in [0, 0.1) is 17.7 Å². The predicted octanol–water partition coefficient (Wildman–Crippen LogP) is 5.47. The predicted molar refractivity (Wildman–Crippen MR) is 119 cm³/mol. The third-order valence-electron chi connectivity index (χ3n) is 6.15. The number of carbonyl (C=O) groups is 2. The zero-order valence-corrected chi connectivity index (χ0v) is 17.9. The molecular formula is C24H25FN2O2S. The number of hydrogen-bond donors (Lipinski definition) is 2. The lowest BCUT2D eigenvalue weighted by Gasteiger charge is -2.34. The fourth-order valence-electron chi connectivity index (χ4n) is 4.07. The van der Waals surface area contributed by atoms with Crippen LogP contribution in [0.25, 0.3) is 6.08 Å². The van der Waals surface area contributed by atoms with Crippen molar-refractivity contribution in [3.8, 4) is 0 Å². The summed E-state index contributed by atoms with van der Waals surface area (Å²) in [5.74, 6) is 0.255. The molecule has 4 rings (SSSR count). The Kier molecular flexibility index (Phi) is 5.95. The van der Waals surface area contributed by atoms with Gasteiger partial charge in [0, 0.05) is 22.1 Å². The number of benzene rings is 2. The summed E-state index contributed by atoms with van der Waals surface area (Å²) >= 11 is 1.28. The van der Waals surface area contributed by atoms with E-state index in [0.717, 1.165) is 17.7 Å². The summed E-state index contributed by atoms with van der Waals surface area (Å²) in [5, 5.41) is 6.00. The van der Waals surface area contributed by atoms with Gasteiger partial charge in [0.25, 0.3) is 11.8 Å². The van der Waals surface area contributed by atoms with Crippen LogP contribution in [0.3, 0.4) is 0 Å². The monoisotopic (exact) mass is 424 g/mol. The van der Waals surface area contributed by atoms with E-state index in [2.05, 4.69) is 24.5 Å². The highest BCUT2D eigenvalue weighted by atomic mass is 32.2. The number of hydrogen-bond acceptors (Lipinski definition) is 3. The maximum atomic E-state index is 13.9. The molecule has 156 valence electrons. The Bertz CT molecular complexity index is 1020. The number of carbonyl (C=O) groups excluding carboxylic acids is 2. The zero-order chi connectivity index (χ0) is 21.3. The summed E-state index contributed by atoms with van der Waals surface area (Å²) in [6, 6.07) is 11.8. The van der Waals surface area contributed by atoms with Crippen LogP contribution in [0.1, 0.15) is 49.0 Å². The van der Waals surface area contributed by atoms with Gasteiger partial charge in [0.15, 0.2) is 0 Å². The molecule has 3 atom stereocenters. The number of fused-ring (bicyclic) bond motifs is 1. The first-order chi connectivity index (χ1) is 14.4. The largest absolute Gasteiger partial charge is 0.349 e. The van der Waals surface area contributed by atoms with E-state index in [-0.39, 0.29) is 23.7 Å². The van der Waals surface area contributed by atoms with Crippen molar-refractivity contribution in [1.29, 1.82) is 0 Å². The molecule has 1 saturated carbocycles. The van der Waals surface area contributed by atoms with E-state index in [1.807, 2.05) is 6.07 Å². The Morgan fingerprint density at radius 1 is 1.20 bits per heavy atom. The molecule has 1 aliphatic heterocycles. The Morgan fingerprint density at radius 2 is 2.00 bits per heavy atom. The highest BCUT2D eigenvalue weighted by Gasteiger charge is 2.29. The van der Waals surface area contributed by atoms with Crippen LogP contribution in [0.5, 0.6) is 0 Å². The molecule has 1 aliphatic carbocycles. The number of rotatable bonds is 3. The summed E-state index contributed by atoms with van der Waals surface area (Å²) in [4.78, 5) is 26.6.